The van der Waals surface area contributed by atoms with Gasteiger partial charge in [0.1, 0.15) is 6.33 Å². The molecule has 0 aromatic carbocycles. The van der Waals surface area contributed by atoms with Crippen LogP contribution in [0.5, 0.6) is 0 Å². The lowest BCUT2D eigenvalue weighted by Gasteiger charge is -2.24. The fraction of sp³-hybridized carbons (Fsp3) is 0.625. The molecule has 2 aromatic heterocycles. The zero-order valence-electron chi connectivity index (χ0n) is 13.6. The van der Waals surface area contributed by atoms with Crippen molar-refractivity contribution < 1.29 is 0 Å². The van der Waals surface area contributed by atoms with Gasteiger partial charge >= 0.3 is 0 Å². The highest BCUT2D eigenvalue weighted by molar-refractivity contribution is 5.33. The van der Waals surface area contributed by atoms with Gasteiger partial charge in [0.15, 0.2) is 5.82 Å². The third-order valence-corrected chi connectivity index (χ3v) is 4.65. The van der Waals surface area contributed by atoms with Gasteiger partial charge < -0.3 is 9.88 Å². The molecule has 0 bridgehead atoms. The van der Waals surface area contributed by atoms with Crippen molar-refractivity contribution in [1.82, 2.24) is 24.7 Å². The summed E-state index contributed by atoms with van der Waals surface area (Å²) in [5, 5.41) is 11.6. The summed E-state index contributed by atoms with van der Waals surface area (Å²) in [6, 6.07) is 0.544. The van der Waals surface area contributed by atoms with Crippen molar-refractivity contribution >= 4 is 5.95 Å². The van der Waals surface area contributed by atoms with Crippen LogP contribution in [-0.4, -0.2) is 24.7 Å². The SMILES string of the molecule is Cc1nc(NCc2nncn2C2CCCCC2)nc(C)c1C. The summed E-state index contributed by atoms with van der Waals surface area (Å²) in [6.07, 6.45) is 8.26. The van der Waals surface area contributed by atoms with Crippen LogP contribution >= 0.6 is 0 Å². The molecule has 3 rings (SSSR count). The Morgan fingerprint density at radius 2 is 1.77 bits per heavy atom. The summed E-state index contributed by atoms with van der Waals surface area (Å²) in [4.78, 5) is 8.99. The average Bonchev–Trinajstić information content (AvgIpc) is 3.00. The van der Waals surface area contributed by atoms with Gasteiger partial charge in [-0.15, -0.1) is 10.2 Å². The number of aryl methyl sites for hydroxylation is 2. The molecule has 1 aliphatic carbocycles. The maximum atomic E-state index is 4.50. The van der Waals surface area contributed by atoms with Gasteiger partial charge in [-0.3, -0.25) is 0 Å². The first-order valence-electron chi connectivity index (χ1n) is 8.09. The molecular weight excluding hydrogens is 276 g/mol. The maximum absolute atomic E-state index is 4.50. The third kappa shape index (κ3) is 3.10. The van der Waals surface area contributed by atoms with E-state index in [-0.39, 0.29) is 0 Å². The van der Waals surface area contributed by atoms with E-state index in [1.165, 1.54) is 32.1 Å². The lowest BCUT2D eigenvalue weighted by atomic mass is 9.95. The van der Waals surface area contributed by atoms with Crippen LogP contribution in [0, 0.1) is 20.8 Å². The van der Waals surface area contributed by atoms with Crippen LogP contribution < -0.4 is 5.32 Å². The van der Waals surface area contributed by atoms with Gasteiger partial charge in [0, 0.05) is 17.4 Å². The van der Waals surface area contributed by atoms with Crippen LogP contribution in [0.1, 0.15) is 60.9 Å². The van der Waals surface area contributed by atoms with Crippen LogP contribution in [0.25, 0.3) is 0 Å². The van der Waals surface area contributed by atoms with E-state index in [9.17, 15) is 0 Å². The zero-order valence-corrected chi connectivity index (χ0v) is 13.6. The Balaban J connectivity index is 1.71. The Kier molecular flexibility index (Phi) is 4.36. The summed E-state index contributed by atoms with van der Waals surface area (Å²) in [5.41, 5.74) is 3.18. The van der Waals surface area contributed by atoms with Crippen molar-refractivity contribution in [2.45, 2.75) is 65.5 Å². The minimum Gasteiger partial charge on any atom is -0.347 e. The third-order valence-electron chi connectivity index (χ3n) is 4.65. The molecule has 1 fully saturated rings. The van der Waals surface area contributed by atoms with Gasteiger partial charge in [-0.1, -0.05) is 19.3 Å². The highest BCUT2D eigenvalue weighted by Crippen LogP contribution is 2.28. The number of hydrogen-bond donors (Lipinski definition) is 1. The molecular formula is C16H24N6. The second kappa shape index (κ2) is 6.42. The monoisotopic (exact) mass is 300 g/mol. The van der Waals surface area contributed by atoms with Crippen LogP contribution in [0.3, 0.4) is 0 Å². The Morgan fingerprint density at radius 1 is 1.09 bits per heavy atom. The van der Waals surface area contributed by atoms with Crippen molar-refractivity contribution in [3.8, 4) is 0 Å². The van der Waals surface area contributed by atoms with Crippen LogP contribution in [0.15, 0.2) is 6.33 Å². The number of hydrogen-bond acceptors (Lipinski definition) is 5. The zero-order chi connectivity index (χ0) is 15.5. The standard InChI is InChI=1S/C16H24N6/c1-11-12(2)19-16(20-13(11)3)17-9-15-21-18-10-22(15)14-7-5-4-6-8-14/h10,14H,4-9H2,1-3H3,(H,17,19,20). The number of nitrogens with one attached hydrogen (secondary N) is 1. The van der Waals surface area contributed by atoms with Crippen LogP contribution in [0.4, 0.5) is 5.95 Å². The largest absolute Gasteiger partial charge is 0.347 e. The van der Waals surface area contributed by atoms with E-state index < -0.39 is 0 Å². The van der Waals surface area contributed by atoms with Crippen molar-refractivity contribution in [3.05, 3.63) is 29.1 Å². The van der Waals surface area contributed by atoms with Crippen LogP contribution in [0.2, 0.25) is 0 Å². The molecule has 0 spiro atoms. The molecule has 0 unspecified atom stereocenters. The molecule has 0 atom stereocenters. The molecule has 0 radical (unpaired) electrons. The molecule has 6 nitrogen and oxygen atoms in total. The Hall–Kier alpha value is -1.98. The molecule has 0 aliphatic heterocycles. The molecule has 118 valence electrons. The summed E-state index contributed by atoms with van der Waals surface area (Å²) < 4.78 is 2.22. The fourth-order valence-corrected chi connectivity index (χ4v) is 3.07. The number of rotatable bonds is 4. The molecule has 0 amide bonds. The van der Waals surface area contributed by atoms with Crippen molar-refractivity contribution in [2.75, 3.05) is 5.32 Å². The van der Waals surface area contributed by atoms with Crippen molar-refractivity contribution in [2.24, 2.45) is 0 Å². The summed E-state index contributed by atoms with van der Waals surface area (Å²) in [6.45, 7) is 6.69. The number of anilines is 1. The Bertz CT molecular complexity index is 619. The second-order valence-electron chi connectivity index (χ2n) is 6.14. The first-order chi connectivity index (χ1) is 10.6. The highest BCUT2D eigenvalue weighted by Gasteiger charge is 2.18. The van der Waals surface area contributed by atoms with Gasteiger partial charge in [-0.05, 0) is 39.2 Å². The van der Waals surface area contributed by atoms with Crippen molar-refractivity contribution in [1.29, 1.82) is 0 Å². The molecule has 1 aliphatic rings. The minimum atomic E-state index is 0.544. The molecule has 1 N–H and O–H groups in total. The van der Waals surface area contributed by atoms with E-state index in [4.69, 9.17) is 0 Å². The number of nitrogens with zero attached hydrogens (tertiary/aromatic N) is 5. The van der Waals surface area contributed by atoms with Crippen LogP contribution in [-0.2, 0) is 6.54 Å². The molecule has 0 saturated heterocycles. The molecule has 6 heteroatoms. The summed E-state index contributed by atoms with van der Waals surface area (Å²) >= 11 is 0. The normalized spacial score (nSPS) is 16.0. The molecule has 22 heavy (non-hydrogen) atoms. The molecule has 1 saturated carbocycles. The highest BCUT2D eigenvalue weighted by atomic mass is 15.3. The Labute approximate surface area is 131 Å². The Morgan fingerprint density at radius 3 is 2.45 bits per heavy atom. The van der Waals surface area contributed by atoms with E-state index >= 15 is 0 Å². The van der Waals surface area contributed by atoms with E-state index in [0.29, 0.717) is 18.5 Å². The lowest BCUT2D eigenvalue weighted by Crippen LogP contribution is -2.17. The second-order valence-corrected chi connectivity index (χ2v) is 6.14. The average molecular weight is 300 g/mol. The van der Waals surface area contributed by atoms with Gasteiger partial charge in [0.25, 0.3) is 0 Å². The predicted molar refractivity (Wildman–Crippen MR) is 85.7 cm³/mol. The lowest BCUT2D eigenvalue weighted by molar-refractivity contribution is 0.346. The molecule has 2 heterocycles. The fourth-order valence-electron chi connectivity index (χ4n) is 3.07. The van der Waals surface area contributed by atoms with E-state index in [2.05, 4.69) is 30.0 Å². The van der Waals surface area contributed by atoms with E-state index in [0.717, 1.165) is 22.8 Å². The van der Waals surface area contributed by atoms with Crippen molar-refractivity contribution in [3.63, 3.8) is 0 Å². The van der Waals surface area contributed by atoms with Gasteiger partial charge in [-0.25, -0.2) is 9.97 Å². The minimum absolute atomic E-state index is 0.544. The van der Waals surface area contributed by atoms with Gasteiger partial charge in [0.05, 0.1) is 6.54 Å². The number of aromatic nitrogens is 5. The first kappa shape index (κ1) is 14.9. The van der Waals surface area contributed by atoms with Gasteiger partial charge in [0.2, 0.25) is 5.95 Å². The van der Waals surface area contributed by atoms with E-state index in [1.54, 1.807) is 0 Å². The predicted octanol–water partition coefficient (Wildman–Crippen LogP) is 3.11. The summed E-state index contributed by atoms with van der Waals surface area (Å²) in [5.74, 6) is 1.63. The topological polar surface area (TPSA) is 68.5 Å². The molecule has 2 aromatic rings. The van der Waals surface area contributed by atoms with E-state index in [1.807, 2.05) is 27.1 Å². The first-order valence-corrected chi connectivity index (χ1v) is 8.09. The quantitative estimate of drug-likeness (QED) is 0.939. The maximum Gasteiger partial charge on any atom is 0.223 e. The smallest absolute Gasteiger partial charge is 0.223 e. The summed E-state index contributed by atoms with van der Waals surface area (Å²) in [7, 11) is 0. The van der Waals surface area contributed by atoms with Gasteiger partial charge in [-0.2, -0.15) is 0 Å².